The van der Waals surface area contributed by atoms with Crippen molar-refractivity contribution in [2.75, 3.05) is 39.0 Å². The van der Waals surface area contributed by atoms with Crippen LogP contribution in [0.1, 0.15) is 73.4 Å². The van der Waals surface area contributed by atoms with Crippen molar-refractivity contribution in [2.45, 2.75) is 77.3 Å². The minimum absolute atomic E-state index is 0. The fraction of sp³-hybridized carbons (Fsp3) is 0.559. The summed E-state index contributed by atoms with van der Waals surface area (Å²) in [4.78, 5) is 26.7. The number of likely N-dealkylation sites (N-methyl/N-ethyl adjacent to an activating group) is 2. The summed E-state index contributed by atoms with van der Waals surface area (Å²) in [5.41, 5.74) is 6.54. The molecule has 0 bridgehead atoms. The molecule has 2 N–H and O–H groups in total. The van der Waals surface area contributed by atoms with Crippen LogP contribution >= 0.6 is 0 Å². The molecule has 1 aromatic carbocycles. The van der Waals surface area contributed by atoms with Gasteiger partial charge in [-0.15, -0.1) is 0 Å². The number of fused-ring (bicyclic) bond motifs is 1. The second kappa shape index (κ2) is 12.9. The number of rotatable bonds is 11. The number of carbonyl (C=O) groups excluding carboxylic acids is 1. The summed E-state index contributed by atoms with van der Waals surface area (Å²) < 4.78 is 0. The molecule has 1 saturated heterocycles. The van der Waals surface area contributed by atoms with Crippen molar-refractivity contribution < 1.29 is 7.65 Å². The van der Waals surface area contributed by atoms with E-state index >= 15 is 0 Å². The summed E-state index contributed by atoms with van der Waals surface area (Å²) in [5.74, 6) is 2.08. The van der Waals surface area contributed by atoms with Crippen LogP contribution in [0.5, 0.6) is 0 Å². The highest BCUT2D eigenvalue weighted by Gasteiger charge is 2.58. The van der Waals surface area contributed by atoms with Gasteiger partial charge < -0.3 is 15.5 Å². The average molecular weight is 561 g/mol. The first-order valence-electron chi connectivity index (χ1n) is 15.8. The predicted molar refractivity (Wildman–Crippen MR) is 171 cm³/mol. The Morgan fingerprint density at radius 1 is 1.22 bits per heavy atom. The van der Waals surface area contributed by atoms with Gasteiger partial charge in [-0.1, -0.05) is 45.1 Å². The lowest BCUT2D eigenvalue weighted by Crippen LogP contribution is -2.41. The van der Waals surface area contributed by atoms with Crippen LogP contribution < -0.4 is 10.6 Å². The van der Waals surface area contributed by atoms with E-state index in [1.807, 2.05) is 20.0 Å². The molecule has 2 heterocycles. The fourth-order valence-corrected chi connectivity index (χ4v) is 6.83. The van der Waals surface area contributed by atoms with Gasteiger partial charge in [0.25, 0.3) is 0 Å². The fourth-order valence-electron chi connectivity index (χ4n) is 6.83. The number of aromatic nitrogens is 2. The van der Waals surface area contributed by atoms with E-state index in [9.17, 15) is 4.79 Å². The molecule has 3 fully saturated rings. The van der Waals surface area contributed by atoms with E-state index in [2.05, 4.69) is 81.9 Å². The Labute approximate surface area is 249 Å². The second-order valence-corrected chi connectivity index (χ2v) is 12.0. The van der Waals surface area contributed by atoms with Crippen LogP contribution in [-0.2, 0) is 16.8 Å². The maximum absolute atomic E-state index is 12.3. The van der Waals surface area contributed by atoms with E-state index in [1.165, 1.54) is 24.8 Å². The maximum Gasteiger partial charge on any atom is 0.237 e. The van der Waals surface area contributed by atoms with E-state index in [0.29, 0.717) is 11.9 Å². The van der Waals surface area contributed by atoms with E-state index in [4.69, 9.17) is 4.98 Å². The molecule has 1 aromatic heterocycles. The number of hydrogen-bond donors (Lipinski definition) is 2. The third-order valence-corrected chi connectivity index (χ3v) is 9.03. The molecule has 7 nitrogen and oxygen atoms in total. The van der Waals surface area contributed by atoms with Crippen molar-refractivity contribution in [2.24, 2.45) is 11.8 Å². The molecule has 2 saturated carbocycles. The summed E-state index contributed by atoms with van der Waals surface area (Å²) in [5, 5.41) is 6.28. The van der Waals surface area contributed by atoms with Gasteiger partial charge in [0.2, 0.25) is 11.9 Å². The SMILES string of the molecule is CC.CCCN(C)CC1=C(C2CC2)C=CC2(c3ccnc(Nc4cccc(CN5CCC[C@H]5C(=O)NC)c4)n3)CC12.[HH].[HH]. The number of nitrogens with zero attached hydrogens (tertiary/aromatic N) is 4. The Hall–Kier alpha value is -3.03. The zero-order valence-corrected chi connectivity index (χ0v) is 25.6. The number of nitrogens with one attached hydrogen (secondary N) is 2. The number of benzene rings is 1. The van der Waals surface area contributed by atoms with Gasteiger partial charge in [-0.05, 0) is 105 Å². The maximum atomic E-state index is 12.3. The highest BCUT2D eigenvalue weighted by Crippen LogP contribution is 2.62. The van der Waals surface area contributed by atoms with Gasteiger partial charge in [0, 0.05) is 40.3 Å². The molecule has 4 aliphatic rings. The minimum Gasteiger partial charge on any atom is -0.358 e. The molecule has 3 aliphatic carbocycles. The van der Waals surface area contributed by atoms with Crippen LogP contribution in [0.15, 0.2) is 59.8 Å². The topological polar surface area (TPSA) is 73.4 Å². The average Bonchev–Trinajstić information content (AvgIpc) is 3.91. The number of hydrogen-bond acceptors (Lipinski definition) is 6. The summed E-state index contributed by atoms with van der Waals surface area (Å²) in [7, 11) is 3.98. The van der Waals surface area contributed by atoms with Crippen LogP contribution in [0, 0.1) is 11.8 Å². The van der Waals surface area contributed by atoms with Crippen molar-refractivity contribution in [1.82, 2.24) is 25.1 Å². The van der Waals surface area contributed by atoms with Gasteiger partial charge in [0.1, 0.15) is 0 Å². The lowest BCUT2D eigenvalue weighted by Gasteiger charge is -2.26. The Morgan fingerprint density at radius 2 is 2.05 bits per heavy atom. The number of likely N-dealkylation sites (tertiary alicyclic amines) is 1. The van der Waals surface area contributed by atoms with Gasteiger partial charge in [-0.25, -0.2) is 9.97 Å². The lowest BCUT2D eigenvalue weighted by atomic mass is 9.85. The van der Waals surface area contributed by atoms with Crippen molar-refractivity contribution in [3.05, 3.63) is 71.1 Å². The number of carbonyl (C=O) groups is 1. The van der Waals surface area contributed by atoms with Crippen molar-refractivity contribution in [3.63, 3.8) is 0 Å². The largest absolute Gasteiger partial charge is 0.358 e. The van der Waals surface area contributed by atoms with Gasteiger partial charge in [-0.2, -0.15) is 0 Å². The Kier molecular flexibility index (Phi) is 9.25. The van der Waals surface area contributed by atoms with E-state index < -0.39 is 0 Å². The van der Waals surface area contributed by atoms with Gasteiger partial charge >= 0.3 is 0 Å². The molecule has 41 heavy (non-hydrogen) atoms. The quantitative estimate of drug-likeness (QED) is 0.335. The van der Waals surface area contributed by atoms with Crippen LogP contribution in [0.25, 0.3) is 0 Å². The number of amides is 1. The Morgan fingerprint density at radius 3 is 2.80 bits per heavy atom. The highest BCUT2D eigenvalue weighted by atomic mass is 16.2. The summed E-state index contributed by atoms with van der Waals surface area (Å²) >= 11 is 0. The van der Waals surface area contributed by atoms with E-state index in [1.54, 1.807) is 18.2 Å². The molecular formula is C34H52N6O. The summed E-state index contributed by atoms with van der Waals surface area (Å²) in [6, 6.07) is 10.5. The highest BCUT2D eigenvalue weighted by molar-refractivity contribution is 5.81. The van der Waals surface area contributed by atoms with Crippen molar-refractivity contribution in [1.29, 1.82) is 0 Å². The monoisotopic (exact) mass is 560 g/mol. The normalized spacial score (nSPS) is 25.0. The minimum atomic E-state index is -0.0398. The molecular weight excluding hydrogens is 508 g/mol. The first-order chi connectivity index (χ1) is 20.0. The number of anilines is 2. The number of allylic oxidation sites excluding steroid dienone is 3. The molecule has 1 amide bonds. The van der Waals surface area contributed by atoms with Crippen LogP contribution in [0.2, 0.25) is 0 Å². The molecule has 224 valence electrons. The predicted octanol–water partition coefficient (Wildman–Crippen LogP) is 6.32. The van der Waals surface area contributed by atoms with Crippen LogP contribution in [0.4, 0.5) is 11.6 Å². The zero-order valence-electron chi connectivity index (χ0n) is 25.6. The van der Waals surface area contributed by atoms with Crippen LogP contribution in [0.3, 0.4) is 0 Å². The van der Waals surface area contributed by atoms with Crippen molar-refractivity contribution >= 4 is 17.5 Å². The molecule has 1 aliphatic heterocycles. The molecule has 0 spiro atoms. The molecule has 0 radical (unpaired) electrons. The Balaban J connectivity index is 0.00000124. The standard InChI is InChI=1S/C32H42N6O.C2H6.2H2/c1-4-16-37(3)21-26-25(23-10-11-23)12-14-32(19-27(26)32)29-13-15-34-31(36-29)35-24-8-5-7-22(18-24)20-38-17-6-9-28(38)30(39)33-2;1-2;;/h5,7-8,12-15,18,23,27-28H,4,6,9-11,16-17,19-21H2,1-3H3,(H,33,39)(H,34,35,36);1-2H3;2*1H/t27?,28-,32?;;;/m0.../s1. The molecule has 7 heteroatoms. The summed E-state index contributed by atoms with van der Waals surface area (Å²) in [6.07, 6.45) is 13.8. The zero-order chi connectivity index (χ0) is 29.0. The summed E-state index contributed by atoms with van der Waals surface area (Å²) in [6.45, 7) is 10.2. The van der Waals surface area contributed by atoms with Crippen LogP contribution in [-0.4, -0.2) is 65.4 Å². The lowest BCUT2D eigenvalue weighted by molar-refractivity contribution is -0.125. The molecule has 6 rings (SSSR count). The second-order valence-electron chi connectivity index (χ2n) is 12.0. The van der Waals surface area contributed by atoms with Gasteiger partial charge in [0.05, 0.1) is 11.7 Å². The van der Waals surface area contributed by atoms with E-state index in [-0.39, 0.29) is 20.2 Å². The molecule has 2 aromatic rings. The molecule has 2 unspecified atom stereocenters. The first kappa shape index (κ1) is 29.5. The van der Waals surface area contributed by atoms with E-state index in [0.717, 1.165) is 62.7 Å². The van der Waals surface area contributed by atoms with Gasteiger partial charge in [0.15, 0.2) is 0 Å². The molecule has 3 atom stereocenters. The third kappa shape index (κ3) is 6.41. The van der Waals surface area contributed by atoms with Gasteiger partial charge in [-0.3, -0.25) is 9.69 Å². The van der Waals surface area contributed by atoms with Crippen molar-refractivity contribution in [3.8, 4) is 0 Å². The third-order valence-electron chi connectivity index (χ3n) is 9.03. The smallest absolute Gasteiger partial charge is 0.237 e. The first-order valence-corrected chi connectivity index (χ1v) is 15.8. The Bertz CT molecular complexity index is 1300.